The van der Waals surface area contributed by atoms with Gasteiger partial charge in [-0.1, -0.05) is 24.3 Å². The minimum Gasteiger partial charge on any atom is -0.497 e. The molecule has 0 radical (unpaired) electrons. The van der Waals surface area contributed by atoms with Crippen molar-refractivity contribution < 1.29 is 24.2 Å². The maximum Gasteiger partial charge on any atom is 0.325 e. The zero-order valence-corrected chi connectivity index (χ0v) is 16.8. The van der Waals surface area contributed by atoms with Crippen LogP contribution in [0, 0.1) is 11.3 Å². The standard InChI is InChI=1S/C22H23N3O5/c1-22(16-5-9-18(29-2)10-6-16)20(27)25(21(28)24-22)13-17(26)14-30-19-7-3-15(4-8-19)11-12-23/h3-10,17,26H,11,13-14H2,1-2H3,(H,24,28)/t17-,22+/m0/s1. The van der Waals surface area contributed by atoms with E-state index < -0.39 is 23.6 Å². The first-order valence-corrected chi connectivity index (χ1v) is 9.43. The van der Waals surface area contributed by atoms with Crippen LogP contribution in [0.25, 0.3) is 0 Å². The number of nitriles is 1. The highest BCUT2D eigenvalue weighted by atomic mass is 16.5. The van der Waals surface area contributed by atoms with Crippen molar-refractivity contribution in [1.29, 1.82) is 5.26 Å². The molecule has 30 heavy (non-hydrogen) atoms. The molecule has 3 amide bonds. The lowest BCUT2D eigenvalue weighted by molar-refractivity contribution is -0.132. The molecule has 0 aliphatic carbocycles. The molecule has 8 nitrogen and oxygen atoms in total. The van der Waals surface area contributed by atoms with Crippen molar-refractivity contribution in [1.82, 2.24) is 10.2 Å². The quantitative estimate of drug-likeness (QED) is 0.645. The second-order valence-corrected chi connectivity index (χ2v) is 7.14. The van der Waals surface area contributed by atoms with Crippen LogP contribution >= 0.6 is 0 Å². The average Bonchev–Trinajstić information content (AvgIpc) is 2.97. The summed E-state index contributed by atoms with van der Waals surface area (Å²) < 4.78 is 10.7. The Bertz CT molecular complexity index is 952. The number of hydrogen-bond acceptors (Lipinski definition) is 6. The van der Waals surface area contributed by atoms with Crippen molar-refractivity contribution in [2.24, 2.45) is 0 Å². The number of ether oxygens (including phenoxy) is 2. The van der Waals surface area contributed by atoms with Crippen LogP contribution in [0.5, 0.6) is 11.5 Å². The van der Waals surface area contributed by atoms with Gasteiger partial charge in [-0.25, -0.2) is 4.79 Å². The van der Waals surface area contributed by atoms with Gasteiger partial charge in [-0.2, -0.15) is 5.26 Å². The summed E-state index contributed by atoms with van der Waals surface area (Å²) in [4.78, 5) is 26.3. The summed E-state index contributed by atoms with van der Waals surface area (Å²) in [6.45, 7) is 1.34. The molecular formula is C22H23N3O5. The number of amides is 3. The molecule has 0 aromatic heterocycles. The van der Waals surface area contributed by atoms with Gasteiger partial charge in [0.25, 0.3) is 5.91 Å². The number of hydrogen-bond donors (Lipinski definition) is 2. The number of nitrogens with one attached hydrogen (secondary N) is 1. The van der Waals surface area contributed by atoms with Crippen LogP contribution in [0.4, 0.5) is 4.79 Å². The number of imide groups is 1. The lowest BCUT2D eigenvalue weighted by atomic mass is 9.92. The minimum absolute atomic E-state index is 0.0894. The Morgan fingerprint density at radius 1 is 1.13 bits per heavy atom. The number of carbonyl (C=O) groups excluding carboxylic acids is 2. The van der Waals surface area contributed by atoms with Crippen molar-refractivity contribution in [2.45, 2.75) is 25.0 Å². The molecule has 1 saturated heterocycles. The van der Waals surface area contributed by atoms with E-state index in [4.69, 9.17) is 14.7 Å². The van der Waals surface area contributed by atoms with Crippen molar-refractivity contribution in [3.63, 3.8) is 0 Å². The van der Waals surface area contributed by atoms with Crippen molar-refractivity contribution in [3.8, 4) is 17.6 Å². The lowest BCUT2D eigenvalue weighted by Gasteiger charge is -2.23. The van der Waals surface area contributed by atoms with E-state index in [-0.39, 0.29) is 13.2 Å². The van der Waals surface area contributed by atoms with Crippen molar-refractivity contribution in [3.05, 3.63) is 59.7 Å². The summed E-state index contributed by atoms with van der Waals surface area (Å²) in [6.07, 6.45) is -0.751. The highest BCUT2D eigenvalue weighted by Gasteiger charge is 2.49. The van der Waals surface area contributed by atoms with Crippen LogP contribution in [-0.4, -0.2) is 48.3 Å². The second-order valence-electron chi connectivity index (χ2n) is 7.14. The number of methoxy groups -OCH3 is 1. The molecule has 0 spiro atoms. The van der Waals surface area contributed by atoms with E-state index in [0.29, 0.717) is 23.5 Å². The molecule has 8 heteroatoms. The first-order valence-electron chi connectivity index (χ1n) is 9.43. The maximum absolute atomic E-state index is 12.9. The Morgan fingerprint density at radius 2 is 1.77 bits per heavy atom. The van der Waals surface area contributed by atoms with Crippen LogP contribution in [0.15, 0.2) is 48.5 Å². The molecule has 1 aliphatic rings. The van der Waals surface area contributed by atoms with Crippen LogP contribution in [-0.2, 0) is 16.8 Å². The third-order valence-corrected chi connectivity index (χ3v) is 4.98. The fourth-order valence-corrected chi connectivity index (χ4v) is 3.23. The molecule has 2 N–H and O–H groups in total. The number of aliphatic hydroxyl groups is 1. The zero-order chi connectivity index (χ0) is 21.7. The van der Waals surface area contributed by atoms with Crippen molar-refractivity contribution >= 4 is 11.9 Å². The van der Waals surface area contributed by atoms with E-state index in [1.54, 1.807) is 62.6 Å². The van der Waals surface area contributed by atoms with Gasteiger partial charge in [-0.15, -0.1) is 0 Å². The van der Waals surface area contributed by atoms with Gasteiger partial charge >= 0.3 is 6.03 Å². The predicted molar refractivity (Wildman–Crippen MR) is 108 cm³/mol. The third-order valence-electron chi connectivity index (χ3n) is 4.98. The monoisotopic (exact) mass is 409 g/mol. The smallest absolute Gasteiger partial charge is 0.325 e. The average molecular weight is 409 g/mol. The van der Waals surface area contributed by atoms with Crippen LogP contribution < -0.4 is 14.8 Å². The predicted octanol–water partition coefficient (Wildman–Crippen LogP) is 1.97. The number of urea groups is 1. The van der Waals surface area contributed by atoms with Gasteiger partial charge in [0.2, 0.25) is 0 Å². The Morgan fingerprint density at radius 3 is 2.37 bits per heavy atom. The molecule has 2 aromatic carbocycles. The topological polar surface area (TPSA) is 112 Å². The zero-order valence-electron chi connectivity index (χ0n) is 16.8. The molecule has 1 fully saturated rings. The van der Waals surface area contributed by atoms with E-state index in [0.717, 1.165) is 10.5 Å². The largest absolute Gasteiger partial charge is 0.497 e. The SMILES string of the molecule is COc1ccc([C@@]2(C)NC(=O)N(C[C@H](O)COc3ccc(CC#N)cc3)C2=O)cc1. The molecule has 1 heterocycles. The van der Waals surface area contributed by atoms with E-state index in [1.807, 2.05) is 0 Å². The maximum atomic E-state index is 12.9. The highest BCUT2D eigenvalue weighted by molar-refractivity contribution is 6.07. The van der Waals surface area contributed by atoms with Gasteiger partial charge in [0.15, 0.2) is 0 Å². The Labute approximate surface area is 174 Å². The van der Waals surface area contributed by atoms with Crippen molar-refractivity contribution in [2.75, 3.05) is 20.3 Å². The summed E-state index contributed by atoms with van der Waals surface area (Å²) in [7, 11) is 1.55. The molecule has 1 aliphatic heterocycles. The normalized spacial score (nSPS) is 19.2. The fourth-order valence-electron chi connectivity index (χ4n) is 3.23. The number of nitrogens with zero attached hydrogens (tertiary/aromatic N) is 2. The second kappa shape index (κ2) is 8.84. The lowest BCUT2D eigenvalue weighted by Crippen LogP contribution is -2.42. The van der Waals surface area contributed by atoms with Gasteiger partial charge in [0, 0.05) is 0 Å². The van der Waals surface area contributed by atoms with Crippen LogP contribution in [0.3, 0.4) is 0 Å². The molecule has 2 aromatic rings. The number of β-amino-alcohol motifs (C(OH)–C–C–N with tert-alkyl or cyclic N) is 1. The molecule has 3 rings (SSSR count). The molecule has 156 valence electrons. The Balaban J connectivity index is 1.61. The number of aliphatic hydroxyl groups excluding tert-OH is 1. The summed E-state index contributed by atoms with van der Waals surface area (Å²) in [5.74, 6) is 0.720. The summed E-state index contributed by atoms with van der Waals surface area (Å²) in [5.41, 5.74) is 0.260. The minimum atomic E-state index is -1.22. The van der Waals surface area contributed by atoms with Gasteiger partial charge < -0.3 is 19.9 Å². The molecule has 0 saturated carbocycles. The van der Waals surface area contributed by atoms with E-state index in [2.05, 4.69) is 11.4 Å². The fraction of sp³-hybridized carbons (Fsp3) is 0.318. The number of rotatable bonds is 8. The Hall–Kier alpha value is -3.57. The van der Waals surface area contributed by atoms with Gasteiger partial charge in [0.05, 0.1) is 26.1 Å². The first kappa shape index (κ1) is 21.1. The number of carbonyl (C=O) groups is 2. The van der Waals surface area contributed by atoms with Gasteiger partial charge in [-0.05, 0) is 42.3 Å². The Kier molecular flexibility index (Phi) is 6.23. The summed E-state index contributed by atoms with van der Waals surface area (Å²) >= 11 is 0. The van der Waals surface area contributed by atoms with Gasteiger partial charge in [0.1, 0.15) is 29.7 Å². The third kappa shape index (κ3) is 4.36. The molecule has 0 bridgehead atoms. The summed E-state index contributed by atoms with van der Waals surface area (Å²) in [5, 5.41) is 21.7. The van der Waals surface area contributed by atoms with Gasteiger partial charge in [-0.3, -0.25) is 9.69 Å². The van der Waals surface area contributed by atoms with Crippen LogP contribution in [0.1, 0.15) is 18.1 Å². The van der Waals surface area contributed by atoms with E-state index >= 15 is 0 Å². The highest BCUT2D eigenvalue weighted by Crippen LogP contribution is 2.30. The molecule has 0 unspecified atom stereocenters. The molecular weight excluding hydrogens is 386 g/mol. The summed E-state index contributed by atoms with van der Waals surface area (Å²) in [6, 6.07) is 15.3. The first-order chi connectivity index (χ1) is 14.4. The van der Waals surface area contributed by atoms with Crippen LogP contribution in [0.2, 0.25) is 0 Å². The number of benzene rings is 2. The molecule has 2 atom stereocenters. The van der Waals surface area contributed by atoms with E-state index in [1.165, 1.54) is 0 Å². The van der Waals surface area contributed by atoms with E-state index in [9.17, 15) is 14.7 Å².